The number of Topliss-reactive ketones (excluding diaryl/α,β-unsaturated/α-hetero) is 1. The SMILES string of the molecule is COC[C@H](C)n1c(C)cc(C(=O)CN2C(=O)C(=O)N(CC(C)C)C2=O)c1C. The fourth-order valence-electron chi connectivity index (χ4n) is 3.50. The van der Waals surface area contributed by atoms with E-state index in [9.17, 15) is 19.2 Å². The molecule has 0 aromatic carbocycles. The fourth-order valence-corrected chi connectivity index (χ4v) is 3.50. The van der Waals surface area contributed by atoms with Crippen molar-refractivity contribution in [1.29, 1.82) is 0 Å². The van der Waals surface area contributed by atoms with Crippen molar-refractivity contribution in [2.45, 2.75) is 40.7 Å². The summed E-state index contributed by atoms with van der Waals surface area (Å²) in [6, 6.07) is 1.05. The van der Waals surface area contributed by atoms with E-state index in [1.165, 1.54) is 0 Å². The standard InChI is InChI=1S/C19H27N3O5/c1-11(2)8-20-17(24)18(25)21(19(20)26)9-16(23)15-7-12(3)22(14(15)5)13(4)10-27-6/h7,11,13H,8-10H2,1-6H3/t13-/m0/s1. The molecule has 1 aliphatic heterocycles. The molecule has 4 amide bonds. The Labute approximate surface area is 159 Å². The molecule has 0 spiro atoms. The molecule has 1 aliphatic rings. The molecule has 0 bridgehead atoms. The molecule has 1 aromatic heterocycles. The Bertz CT molecular complexity index is 781. The summed E-state index contributed by atoms with van der Waals surface area (Å²) in [6.07, 6.45) is 0. The van der Waals surface area contributed by atoms with Crippen LogP contribution in [0.25, 0.3) is 0 Å². The van der Waals surface area contributed by atoms with Crippen LogP contribution in [0.3, 0.4) is 0 Å². The summed E-state index contributed by atoms with van der Waals surface area (Å²) in [5.41, 5.74) is 2.06. The van der Waals surface area contributed by atoms with Crippen molar-refractivity contribution in [3.63, 3.8) is 0 Å². The van der Waals surface area contributed by atoms with E-state index in [-0.39, 0.29) is 24.3 Å². The van der Waals surface area contributed by atoms with Crippen molar-refractivity contribution < 1.29 is 23.9 Å². The van der Waals surface area contributed by atoms with E-state index in [2.05, 4.69) is 0 Å². The number of hydrogen-bond acceptors (Lipinski definition) is 5. The molecule has 148 valence electrons. The number of nitrogens with zero attached hydrogens (tertiary/aromatic N) is 3. The highest BCUT2D eigenvalue weighted by Crippen LogP contribution is 2.22. The van der Waals surface area contributed by atoms with Crippen LogP contribution in [0.2, 0.25) is 0 Å². The maximum absolute atomic E-state index is 12.8. The third-order valence-corrected chi connectivity index (χ3v) is 4.62. The normalized spacial score (nSPS) is 16.0. The molecule has 0 N–H and O–H groups in total. The molecule has 8 nitrogen and oxygen atoms in total. The molecule has 1 fully saturated rings. The van der Waals surface area contributed by atoms with Crippen molar-refractivity contribution in [2.24, 2.45) is 5.92 Å². The van der Waals surface area contributed by atoms with Gasteiger partial charge >= 0.3 is 17.8 Å². The second-order valence-electron chi connectivity index (χ2n) is 7.37. The molecule has 1 aromatic rings. The summed E-state index contributed by atoms with van der Waals surface area (Å²) in [6.45, 7) is 9.56. The van der Waals surface area contributed by atoms with E-state index in [0.717, 1.165) is 21.2 Å². The lowest BCUT2D eigenvalue weighted by molar-refractivity contribution is -0.143. The zero-order valence-electron chi connectivity index (χ0n) is 16.7. The molecular formula is C19H27N3O5. The van der Waals surface area contributed by atoms with Crippen LogP contribution in [0.4, 0.5) is 4.79 Å². The monoisotopic (exact) mass is 377 g/mol. The number of imide groups is 2. The van der Waals surface area contributed by atoms with E-state index >= 15 is 0 Å². The maximum atomic E-state index is 12.8. The number of aromatic nitrogens is 1. The van der Waals surface area contributed by atoms with Crippen LogP contribution in [0.1, 0.15) is 48.6 Å². The number of methoxy groups -OCH3 is 1. The van der Waals surface area contributed by atoms with E-state index in [0.29, 0.717) is 12.2 Å². The molecule has 8 heteroatoms. The van der Waals surface area contributed by atoms with Crippen LogP contribution in [0.5, 0.6) is 0 Å². The molecule has 2 rings (SSSR count). The maximum Gasteiger partial charge on any atom is 0.334 e. The van der Waals surface area contributed by atoms with E-state index in [1.807, 2.05) is 39.2 Å². The van der Waals surface area contributed by atoms with Gasteiger partial charge in [-0.2, -0.15) is 0 Å². The minimum Gasteiger partial charge on any atom is -0.383 e. The van der Waals surface area contributed by atoms with Crippen molar-refractivity contribution in [2.75, 3.05) is 26.8 Å². The quantitative estimate of drug-likeness (QED) is 0.392. The first-order valence-electron chi connectivity index (χ1n) is 8.98. The topological polar surface area (TPSA) is 88.9 Å². The highest BCUT2D eigenvalue weighted by atomic mass is 16.5. The molecular weight excluding hydrogens is 350 g/mol. The first kappa shape index (κ1) is 20.8. The second-order valence-corrected chi connectivity index (χ2v) is 7.37. The summed E-state index contributed by atoms with van der Waals surface area (Å²) in [5.74, 6) is -2.17. The average Bonchev–Trinajstić information content (AvgIpc) is 2.98. The summed E-state index contributed by atoms with van der Waals surface area (Å²) in [7, 11) is 1.61. The van der Waals surface area contributed by atoms with Crippen molar-refractivity contribution >= 4 is 23.6 Å². The Kier molecular flexibility index (Phi) is 6.20. The number of carbonyl (C=O) groups is 4. The van der Waals surface area contributed by atoms with Gasteiger partial charge in [0.2, 0.25) is 0 Å². The van der Waals surface area contributed by atoms with E-state index in [1.54, 1.807) is 13.2 Å². The highest BCUT2D eigenvalue weighted by Gasteiger charge is 2.45. The number of amides is 4. The lowest BCUT2D eigenvalue weighted by Crippen LogP contribution is -2.38. The van der Waals surface area contributed by atoms with Crippen LogP contribution in [0, 0.1) is 19.8 Å². The summed E-state index contributed by atoms with van der Waals surface area (Å²) in [5, 5.41) is 0. The van der Waals surface area contributed by atoms with Gasteiger partial charge in [0.25, 0.3) is 0 Å². The van der Waals surface area contributed by atoms with Gasteiger partial charge in [0.05, 0.1) is 19.2 Å². The first-order chi connectivity index (χ1) is 12.6. The Hall–Kier alpha value is -2.48. The van der Waals surface area contributed by atoms with Gasteiger partial charge in [-0.25, -0.2) is 9.69 Å². The number of ether oxygens (including phenoxy) is 1. The average molecular weight is 377 g/mol. The van der Waals surface area contributed by atoms with Crippen molar-refractivity contribution in [3.8, 4) is 0 Å². The molecule has 27 heavy (non-hydrogen) atoms. The summed E-state index contributed by atoms with van der Waals surface area (Å²) < 4.78 is 7.17. The number of aryl methyl sites for hydroxylation is 1. The molecule has 0 saturated carbocycles. The van der Waals surface area contributed by atoms with Gasteiger partial charge in [0.15, 0.2) is 5.78 Å². The minimum absolute atomic E-state index is 0.0301. The number of urea groups is 1. The van der Waals surface area contributed by atoms with Crippen LogP contribution in [0.15, 0.2) is 6.07 Å². The van der Waals surface area contributed by atoms with Crippen molar-refractivity contribution in [1.82, 2.24) is 14.4 Å². The molecule has 0 radical (unpaired) electrons. The number of hydrogen-bond donors (Lipinski definition) is 0. The molecule has 2 heterocycles. The first-order valence-corrected chi connectivity index (χ1v) is 8.98. The third-order valence-electron chi connectivity index (χ3n) is 4.62. The third kappa shape index (κ3) is 3.95. The van der Waals surface area contributed by atoms with E-state index < -0.39 is 24.4 Å². The van der Waals surface area contributed by atoms with Gasteiger partial charge in [0, 0.05) is 30.6 Å². The Morgan fingerprint density at radius 2 is 1.67 bits per heavy atom. The molecule has 1 atom stereocenters. The van der Waals surface area contributed by atoms with Crippen molar-refractivity contribution in [3.05, 3.63) is 23.0 Å². The minimum atomic E-state index is -0.949. The predicted octanol–water partition coefficient (Wildman–Crippen LogP) is 1.94. The van der Waals surface area contributed by atoms with Gasteiger partial charge in [-0.1, -0.05) is 13.8 Å². The fraction of sp³-hybridized carbons (Fsp3) is 0.579. The zero-order chi connectivity index (χ0) is 20.5. The van der Waals surface area contributed by atoms with Crippen LogP contribution >= 0.6 is 0 Å². The molecule has 0 unspecified atom stereocenters. The summed E-state index contributed by atoms with van der Waals surface area (Å²) >= 11 is 0. The smallest absolute Gasteiger partial charge is 0.334 e. The lowest BCUT2D eigenvalue weighted by atomic mass is 10.1. The second kappa shape index (κ2) is 8.04. The largest absolute Gasteiger partial charge is 0.383 e. The zero-order valence-corrected chi connectivity index (χ0v) is 16.7. The van der Waals surface area contributed by atoms with Gasteiger partial charge in [-0.15, -0.1) is 0 Å². The lowest BCUT2D eigenvalue weighted by Gasteiger charge is -2.18. The number of ketones is 1. The predicted molar refractivity (Wildman–Crippen MR) is 98.5 cm³/mol. The van der Waals surface area contributed by atoms with Gasteiger partial charge in [-0.3, -0.25) is 19.3 Å². The molecule has 0 aliphatic carbocycles. The van der Waals surface area contributed by atoms with E-state index in [4.69, 9.17) is 4.74 Å². The highest BCUT2D eigenvalue weighted by molar-refractivity contribution is 6.45. The summed E-state index contributed by atoms with van der Waals surface area (Å²) in [4.78, 5) is 51.0. The van der Waals surface area contributed by atoms with Crippen LogP contribution in [-0.2, 0) is 14.3 Å². The van der Waals surface area contributed by atoms with Crippen LogP contribution in [-0.4, -0.2) is 64.8 Å². The Morgan fingerprint density at radius 3 is 2.22 bits per heavy atom. The molecule has 1 saturated heterocycles. The van der Waals surface area contributed by atoms with Gasteiger partial charge < -0.3 is 9.30 Å². The Balaban J connectivity index is 2.23. The van der Waals surface area contributed by atoms with Crippen LogP contribution < -0.4 is 0 Å². The number of carbonyl (C=O) groups excluding carboxylic acids is 4. The Morgan fingerprint density at radius 1 is 1.07 bits per heavy atom. The van der Waals surface area contributed by atoms with Gasteiger partial charge in [-0.05, 0) is 32.8 Å². The van der Waals surface area contributed by atoms with Gasteiger partial charge in [0.1, 0.15) is 0 Å². The number of rotatable bonds is 8.